The van der Waals surface area contributed by atoms with Crippen LogP contribution >= 0.6 is 0 Å². The van der Waals surface area contributed by atoms with E-state index in [1.165, 1.54) is 0 Å². The van der Waals surface area contributed by atoms with Crippen LogP contribution in [0.2, 0.25) is 0 Å². The first-order valence-corrected chi connectivity index (χ1v) is 6.76. The Morgan fingerprint density at radius 1 is 1.18 bits per heavy atom. The third-order valence-corrected chi connectivity index (χ3v) is 7.26. The molecule has 6 aliphatic carbocycles. The second-order valence-electron chi connectivity index (χ2n) is 6.85. The molecule has 1 saturated heterocycles. The highest BCUT2D eigenvalue weighted by molar-refractivity contribution is 5.82. The van der Waals surface area contributed by atoms with Crippen LogP contribution in [0.3, 0.4) is 0 Å². The number of aliphatic carboxylic acids is 1. The van der Waals surface area contributed by atoms with Gasteiger partial charge in [0.05, 0.1) is 18.6 Å². The molecular formula is C13H14O4. The number of carboxylic acid groups (broad SMARTS) is 1. The molecule has 1 aliphatic heterocycles. The molecule has 1 spiro atoms. The van der Waals surface area contributed by atoms with Crippen LogP contribution in [0.1, 0.15) is 6.42 Å². The van der Waals surface area contributed by atoms with Crippen molar-refractivity contribution in [3.8, 4) is 0 Å². The van der Waals surface area contributed by atoms with Crippen LogP contribution in [-0.4, -0.2) is 30.1 Å². The average Bonchev–Trinajstić information content (AvgIpc) is 2.92. The van der Waals surface area contributed by atoms with E-state index in [2.05, 4.69) is 0 Å². The normalized spacial score (nSPS) is 69.8. The zero-order valence-corrected chi connectivity index (χ0v) is 9.33. The van der Waals surface area contributed by atoms with Gasteiger partial charge in [0.15, 0.2) is 5.79 Å². The second kappa shape index (κ2) is 1.95. The number of carboxylic acids is 1. The Morgan fingerprint density at radius 2 is 1.94 bits per heavy atom. The van der Waals surface area contributed by atoms with Gasteiger partial charge in [0.25, 0.3) is 0 Å². The third-order valence-electron chi connectivity index (χ3n) is 7.26. The third kappa shape index (κ3) is 0.473. The molecule has 1 N–H and O–H groups in total. The predicted molar refractivity (Wildman–Crippen MR) is 53.8 cm³/mol. The van der Waals surface area contributed by atoms with Gasteiger partial charge in [-0.05, 0) is 36.0 Å². The van der Waals surface area contributed by atoms with Crippen LogP contribution in [0, 0.1) is 46.8 Å². The zero-order chi connectivity index (χ0) is 11.2. The van der Waals surface area contributed by atoms with E-state index in [4.69, 9.17) is 9.47 Å². The molecule has 0 radical (unpaired) electrons. The molecule has 7 fully saturated rings. The van der Waals surface area contributed by atoms with Crippen molar-refractivity contribution in [3.63, 3.8) is 0 Å². The number of rotatable bonds is 1. The fraction of sp³-hybridized carbons (Fsp3) is 0.923. The van der Waals surface area contributed by atoms with E-state index < -0.39 is 17.2 Å². The van der Waals surface area contributed by atoms with Gasteiger partial charge in [-0.1, -0.05) is 0 Å². The fourth-order valence-electron chi connectivity index (χ4n) is 7.51. The summed E-state index contributed by atoms with van der Waals surface area (Å²) in [4.78, 5) is 11.9. The minimum Gasteiger partial charge on any atom is -0.481 e. The average molecular weight is 234 g/mol. The molecule has 0 aromatic rings. The Kier molecular flexibility index (Phi) is 0.975. The topological polar surface area (TPSA) is 55.8 Å². The standard InChI is InChI=1S/C13H14O4/c14-11(15)12-5-3-4-6-7(5)8(12)9(6)13(10(4)12)16-1-2-17-13/h4-10H,1-3H2,(H,14,15)/t4-,5+,6+,7-,8-,9+,10-,12-/m1/s1. The van der Waals surface area contributed by atoms with Gasteiger partial charge in [-0.2, -0.15) is 0 Å². The summed E-state index contributed by atoms with van der Waals surface area (Å²) in [6.45, 7) is 1.31. The van der Waals surface area contributed by atoms with Gasteiger partial charge in [0, 0.05) is 11.8 Å². The highest BCUT2D eigenvalue weighted by Gasteiger charge is 3.00. The summed E-state index contributed by atoms with van der Waals surface area (Å²) in [7, 11) is 0. The molecule has 90 valence electrons. The summed E-state index contributed by atoms with van der Waals surface area (Å²) in [5.74, 6) is 2.44. The van der Waals surface area contributed by atoms with E-state index >= 15 is 0 Å². The quantitative estimate of drug-likeness (QED) is 0.720. The summed E-state index contributed by atoms with van der Waals surface area (Å²) < 4.78 is 11.9. The SMILES string of the molecule is O=C(O)[C@@]12[C@@H]3[C@H]4[C@@H]5[C@@H](C[C@@H]41)[C@H]2C1(OCCO1)[C@@H]53. The van der Waals surface area contributed by atoms with Crippen LogP contribution in [-0.2, 0) is 14.3 Å². The molecule has 8 atom stereocenters. The van der Waals surface area contributed by atoms with Crippen molar-refractivity contribution < 1.29 is 19.4 Å². The summed E-state index contributed by atoms with van der Waals surface area (Å²) in [6.07, 6.45) is 1.13. The Balaban J connectivity index is 1.64. The smallest absolute Gasteiger partial charge is 0.310 e. The summed E-state index contributed by atoms with van der Waals surface area (Å²) in [5, 5.41) is 9.76. The number of ether oxygens (including phenoxy) is 2. The molecule has 7 rings (SSSR count). The van der Waals surface area contributed by atoms with Crippen molar-refractivity contribution in [1.82, 2.24) is 0 Å². The van der Waals surface area contributed by atoms with Crippen molar-refractivity contribution in [2.24, 2.45) is 46.8 Å². The Hall–Kier alpha value is -0.610. The van der Waals surface area contributed by atoms with E-state index in [0.29, 0.717) is 42.8 Å². The number of hydrogen-bond donors (Lipinski definition) is 1. The molecule has 0 aromatic heterocycles. The Morgan fingerprint density at radius 3 is 2.65 bits per heavy atom. The van der Waals surface area contributed by atoms with Crippen molar-refractivity contribution in [2.75, 3.05) is 13.2 Å². The number of carbonyl (C=O) groups is 1. The molecule has 1 heterocycles. The van der Waals surface area contributed by atoms with Crippen LogP contribution < -0.4 is 0 Å². The summed E-state index contributed by atoms with van der Waals surface area (Å²) >= 11 is 0. The van der Waals surface area contributed by atoms with E-state index in [0.717, 1.165) is 12.3 Å². The molecule has 0 amide bonds. The van der Waals surface area contributed by atoms with Crippen molar-refractivity contribution in [3.05, 3.63) is 0 Å². The molecule has 0 aromatic carbocycles. The predicted octanol–water partition coefficient (Wildman–Crippen LogP) is 0.572. The van der Waals surface area contributed by atoms with Crippen molar-refractivity contribution >= 4 is 5.97 Å². The Labute approximate surface area is 98.3 Å². The summed E-state index contributed by atoms with van der Waals surface area (Å²) in [6, 6.07) is 0. The molecule has 17 heavy (non-hydrogen) atoms. The first kappa shape index (κ1) is 8.48. The molecule has 0 unspecified atom stereocenters. The first-order valence-electron chi connectivity index (χ1n) is 6.76. The highest BCUT2D eigenvalue weighted by atomic mass is 16.7. The molecule has 4 heteroatoms. The lowest BCUT2D eigenvalue weighted by Gasteiger charge is -2.67. The summed E-state index contributed by atoms with van der Waals surface area (Å²) in [5.41, 5.74) is -0.445. The van der Waals surface area contributed by atoms with Crippen LogP contribution in [0.5, 0.6) is 0 Å². The maximum absolute atomic E-state index is 11.9. The van der Waals surface area contributed by atoms with E-state index in [1.807, 2.05) is 0 Å². The van der Waals surface area contributed by atoms with Gasteiger partial charge in [0.2, 0.25) is 0 Å². The van der Waals surface area contributed by atoms with Crippen LogP contribution in [0.15, 0.2) is 0 Å². The monoisotopic (exact) mass is 234 g/mol. The lowest BCUT2D eigenvalue weighted by molar-refractivity contribution is -0.252. The molecule has 7 aliphatic rings. The van der Waals surface area contributed by atoms with E-state index in [-0.39, 0.29) is 5.92 Å². The van der Waals surface area contributed by atoms with Crippen LogP contribution in [0.25, 0.3) is 0 Å². The minimum atomic E-state index is -0.560. The lowest BCUT2D eigenvalue weighted by atomic mass is 9.34. The fourth-order valence-corrected chi connectivity index (χ4v) is 7.51. The molecule has 6 saturated carbocycles. The molecule has 4 nitrogen and oxygen atoms in total. The van der Waals surface area contributed by atoms with Gasteiger partial charge in [-0.15, -0.1) is 0 Å². The van der Waals surface area contributed by atoms with Crippen LogP contribution in [0.4, 0.5) is 0 Å². The maximum Gasteiger partial charge on any atom is 0.310 e. The van der Waals surface area contributed by atoms with Gasteiger partial charge >= 0.3 is 5.97 Å². The molecular weight excluding hydrogens is 220 g/mol. The van der Waals surface area contributed by atoms with E-state index in [9.17, 15) is 9.90 Å². The second-order valence-corrected chi connectivity index (χ2v) is 6.85. The largest absolute Gasteiger partial charge is 0.481 e. The number of hydrogen-bond acceptors (Lipinski definition) is 3. The molecule has 4 bridgehead atoms. The highest BCUT2D eigenvalue weighted by Crippen LogP contribution is 2.96. The zero-order valence-electron chi connectivity index (χ0n) is 9.33. The van der Waals surface area contributed by atoms with Gasteiger partial charge < -0.3 is 14.6 Å². The van der Waals surface area contributed by atoms with Crippen molar-refractivity contribution in [2.45, 2.75) is 12.2 Å². The van der Waals surface area contributed by atoms with Gasteiger partial charge in [-0.3, -0.25) is 4.79 Å². The van der Waals surface area contributed by atoms with Gasteiger partial charge in [-0.25, -0.2) is 0 Å². The Bertz CT molecular complexity index is 482. The van der Waals surface area contributed by atoms with Crippen molar-refractivity contribution in [1.29, 1.82) is 0 Å². The lowest BCUT2D eigenvalue weighted by Crippen LogP contribution is -2.70. The minimum absolute atomic E-state index is 0.171. The van der Waals surface area contributed by atoms with E-state index in [1.54, 1.807) is 0 Å². The van der Waals surface area contributed by atoms with Gasteiger partial charge in [0.1, 0.15) is 0 Å². The maximum atomic E-state index is 11.9. The first-order chi connectivity index (χ1) is 8.24.